The Labute approximate surface area is 146 Å². The summed E-state index contributed by atoms with van der Waals surface area (Å²) in [7, 11) is 0. The van der Waals surface area contributed by atoms with Gasteiger partial charge in [0.25, 0.3) is 0 Å². The Balaban J connectivity index is 1.53. The van der Waals surface area contributed by atoms with Crippen LogP contribution in [0.25, 0.3) is 10.8 Å². The minimum absolute atomic E-state index is 0.135. The number of para-hydroxylation sites is 1. The van der Waals surface area contributed by atoms with E-state index in [9.17, 15) is 9.59 Å². The molecule has 4 heteroatoms. The zero-order chi connectivity index (χ0) is 17.2. The number of nitrogens with one attached hydrogen (secondary N) is 1. The van der Waals surface area contributed by atoms with Crippen molar-refractivity contribution < 1.29 is 9.59 Å². The van der Waals surface area contributed by atoms with Crippen molar-refractivity contribution in [3.8, 4) is 0 Å². The van der Waals surface area contributed by atoms with Crippen LogP contribution in [0.15, 0.2) is 72.8 Å². The summed E-state index contributed by atoms with van der Waals surface area (Å²) in [5, 5.41) is 5.05. The highest BCUT2D eigenvalue weighted by atomic mass is 16.2. The Bertz CT molecular complexity index is 937. The molecule has 25 heavy (non-hydrogen) atoms. The molecule has 1 unspecified atom stereocenters. The molecule has 4 nitrogen and oxygen atoms in total. The summed E-state index contributed by atoms with van der Waals surface area (Å²) in [6, 6.07) is 23.2. The molecular weight excluding hydrogens is 312 g/mol. The third-order valence-electron chi connectivity index (χ3n) is 4.61. The fourth-order valence-corrected chi connectivity index (χ4v) is 3.28. The van der Waals surface area contributed by atoms with E-state index in [-0.39, 0.29) is 11.8 Å². The van der Waals surface area contributed by atoms with E-state index in [1.165, 1.54) is 0 Å². The Hall–Kier alpha value is -3.14. The predicted molar refractivity (Wildman–Crippen MR) is 99.5 cm³/mol. The van der Waals surface area contributed by atoms with Crippen LogP contribution in [0.2, 0.25) is 0 Å². The SMILES string of the molecule is O=C(Nc1ccccc1)C1CCN(c2ccc3ccccc3c2)C1=O. The molecule has 0 spiro atoms. The third-order valence-corrected chi connectivity index (χ3v) is 4.61. The van der Waals surface area contributed by atoms with Crippen molar-refractivity contribution >= 4 is 34.0 Å². The summed E-state index contributed by atoms with van der Waals surface area (Å²) >= 11 is 0. The van der Waals surface area contributed by atoms with Gasteiger partial charge in [-0.25, -0.2) is 0 Å². The maximum atomic E-state index is 12.7. The molecule has 1 fully saturated rings. The largest absolute Gasteiger partial charge is 0.325 e. The van der Waals surface area contributed by atoms with Crippen molar-refractivity contribution in [1.82, 2.24) is 0 Å². The average Bonchev–Trinajstić information content (AvgIpc) is 3.04. The number of carbonyl (C=O) groups excluding carboxylic acids is 2. The first-order chi connectivity index (χ1) is 12.2. The number of amides is 2. The number of rotatable bonds is 3. The van der Waals surface area contributed by atoms with Gasteiger partial charge in [-0.15, -0.1) is 0 Å². The maximum Gasteiger partial charge on any atom is 0.239 e. The van der Waals surface area contributed by atoms with Gasteiger partial charge in [-0.05, 0) is 41.5 Å². The van der Waals surface area contributed by atoms with Gasteiger partial charge >= 0.3 is 0 Å². The van der Waals surface area contributed by atoms with Crippen LogP contribution in [0, 0.1) is 5.92 Å². The second kappa shape index (κ2) is 6.40. The predicted octanol–water partition coefficient (Wildman–Crippen LogP) is 3.83. The van der Waals surface area contributed by atoms with Crippen molar-refractivity contribution in [1.29, 1.82) is 0 Å². The Morgan fingerprint density at radius 1 is 0.920 bits per heavy atom. The average molecular weight is 330 g/mol. The van der Waals surface area contributed by atoms with Gasteiger partial charge < -0.3 is 10.2 Å². The lowest BCUT2D eigenvalue weighted by Crippen LogP contribution is -2.33. The first-order valence-corrected chi connectivity index (χ1v) is 8.38. The molecule has 3 aromatic carbocycles. The highest BCUT2D eigenvalue weighted by molar-refractivity contribution is 6.13. The summed E-state index contributed by atoms with van der Waals surface area (Å²) < 4.78 is 0. The van der Waals surface area contributed by atoms with Crippen LogP contribution < -0.4 is 10.2 Å². The summed E-state index contributed by atoms with van der Waals surface area (Å²) in [6.45, 7) is 0.560. The lowest BCUT2D eigenvalue weighted by Gasteiger charge is -2.17. The molecule has 1 aliphatic heterocycles. The van der Waals surface area contributed by atoms with Gasteiger partial charge in [0.1, 0.15) is 5.92 Å². The third kappa shape index (κ3) is 2.98. The number of benzene rings is 3. The Morgan fingerprint density at radius 2 is 1.64 bits per heavy atom. The van der Waals surface area contributed by atoms with Crippen molar-refractivity contribution in [2.75, 3.05) is 16.8 Å². The number of hydrogen-bond acceptors (Lipinski definition) is 2. The monoisotopic (exact) mass is 330 g/mol. The summed E-state index contributed by atoms with van der Waals surface area (Å²) in [4.78, 5) is 26.9. The zero-order valence-electron chi connectivity index (χ0n) is 13.7. The van der Waals surface area contributed by atoms with Crippen LogP contribution in [-0.2, 0) is 9.59 Å². The van der Waals surface area contributed by atoms with E-state index in [1.807, 2.05) is 72.8 Å². The lowest BCUT2D eigenvalue weighted by atomic mass is 10.1. The van der Waals surface area contributed by atoms with Crippen LogP contribution in [0.5, 0.6) is 0 Å². The van der Waals surface area contributed by atoms with E-state index in [2.05, 4.69) is 5.32 Å². The number of fused-ring (bicyclic) bond motifs is 1. The number of anilines is 2. The van der Waals surface area contributed by atoms with E-state index in [1.54, 1.807) is 4.90 Å². The van der Waals surface area contributed by atoms with Crippen LogP contribution in [0.4, 0.5) is 11.4 Å². The molecule has 1 saturated heterocycles. The van der Waals surface area contributed by atoms with Crippen LogP contribution in [0.1, 0.15) is 6.42 Å². The van der Waals surface area contributed by atoms with E-state index in [4.69, 9.17) is 0 Å². The topological polar surface area (TPSA) is 49.4 Å². The van der Waals surface area contributed by atoms with Gasteiger partial charge in [-0.1, -0.05) is 48.5 Å². The van der Waals surface area contributed by atoms with Crippen molar-refractivity contribution in [3.05, 3.63) is 72.8 Å². The molecule has 124 valence electrons. The van der Waals surface area contributed by atoms with Crippen molar-refractivity contribution in [2.45, 2.75) is 6.42 Å². The summed E-state index contributed by atoms with van der Waals surface area (Å²) in [5.41, 5.74) is 1.56. The Kier molecular flexibility index (Phi) is 3.94. The van der Waals surface area contributed by atoms with E-state index in [0.717, 1.165) is 16.5 Å². The molecule has 0 saturated carbocycles. The van der Waals surface area contributed by atoms with Crippen molar-refractivity contribution in [2.24, 2.45) is 5.92 Å². The fraction of sp³-hybridized carbons (Fsp3) is 0.143. The van der Waals surface area contributed by atoms with Crippen molar-refractivity contribution in [3.63, 3.8) is 0 Å². The molecule has 1 aliphatic rings. The quantitative estimate of drug-likeness (QED) is 0.742. The molecule has 4 rings (SSSR count). The molecule has 0 radical (unpaired) electrons. The van der Waals surface area contributed by atoms with Gasteiger partial charge in [-0.3, -0.25) is 9.59 Å². The van der Waals surface area contributed by atoms with E-state index >= 15 is 0 Å². The minimum atomic E-state index is -0.633. The summed E-state index contributed by atoms with van der Waals surface area (Å²) in [5.74, 6) is -1.00. The fourth-order valence-electron chi connectivity index (χ4n) is 3.28. The number of nitrogens with zero attached hydrogens (tertiary/aromatic N) is 1. The second-order valence-corrected chi connectivity index (χ2v) is 6.22. The normalized spacial score (nSPS) is 17.0. The molecule has 1 atom stereocenters. The molecule has 0 aliphatic carbocycles. The maximum absolute atomic E-state index is 12.7. The van der Waals surface area contributed by atoms with Gasteiger partial charge in [-0.2, -0.15) is 0 Å². The highest BCUT2D eigenvalue weighted by Crippen LogP contribution is 2.29. The van der Waals surface area contributed by atoms with E-state index < -0.39 is 5.92 Å². The van der Waals surface area contributed by atoms with Gasteiger partial charge in [0.15, 0.2) is 0 Å². The number of carbonyl (C=O) groups is 2. The van der Waals surface area contributed by atoms with Gasteiger partial charge in [0.2, 0.25) is 11.8 Å². The zero-order valence-corrected chi connectivity index (χ0v) is 13.7. The first kappa shape index (κ1) is 15.4. The molecule has 1 heterocycles. The van der Waals surface area contributed by atoms with Crippen LogP contribution in [0.3, 0.4) is 0 Å². The smallest absolute Gasteiger partial charge is 0.239 e. The molecule has 2 amide bonds. The molecular formula is C21H18N2O2. The lowest BCUT2D eigenvalue weighted by molar-refractivity contribution is -0.129. The standard InChI is InChI=1S/C21H18N2O2/c24-20(22-17-8-2-1-3-9-17)19-12-13-23(21(19)25)18-11-10-15-6-4-5-7-16(15)14-18/h1-11,14,19H,12-13H2,(H,22,24). The summed E-state index contributed by atoms with van der Waals surface area (Å²) in [6.07, 6.45) is 0.532. The first-order valence-electron chi connectivity index (χ1n) is 8.38. The van der Waals surface area contributed by atoms with Gasteiger partial charge in [0.05, 0.1) is 0 Å². The van der Waals surface area contributed by atoms with E-state index in [0.29, 0.717) is 18.7 Å². The molecule has 0 bridgehead atoms. The minimum Gasteiger partial charge on any atom is -0.325 e. The van der Waals surface area contributed by atoms with Crippen LogP contribution >= 0.6 is 0 Å². The van der Waals surface area contributed by atoms with Gasteiger partial charge in [0, 0.05) is 17.9 Å². The number of hydrogen-bond donors (Lipinski definition) is 1. The second-order valence-electron chi connectivity index (χ2n) is 6.22. The molecule has 0 aromatic heterocycles. The molecule has 3 aromatic rings. The van der Waals surface area contributed by atoms with Crippen LogP contribution in [-0.4, -0.2) is 18.4 Å². The Morgan fingerprint density at radius 3 is 2.44 bits per heavy atom. The molecule has 1 N–H and O–H groups in total. The highest BCUT2D eigenvalue weighted by Gasteiger charge is 2.37.